The van der Waals surface area contributed by atoms with Crippen molar-refractivity contribution < 1.29 is 0 Å². The predicted octanol–water partition coefficient (Wildman–Crippen LogP) is 1.11. The van der Waals surface area contributed by atoms with Crippen LogP contribution in [0.25, 0.3) is 26.3 Å². The second-order valence-corrected chi connectivity index (χ2v) is 5.95. The molecule has 0 aliphatic heterocycles. The molecule has 1 aromatic carbocycles. The first kappa shape index (κ1) is 12.8. The summed E-state index contributed by atoms with van der Waals surface area (Å²) in [6.45, 7) is 1.64. The average molecular weight is 313 g/mol. The van der Waals surface area contributed by atoms with Crippen LogP contribution in [0.4, 0.5) is 0 Å². The number of nitrogen functional groups attached to an aromatic ring is 1. The van der Waals surface area contributed by atoms with Gasteiger partial charge in [-0.25, -0.2) is 9.66 Å². The Labute approximate surface area is 127 Å². The highest BCUT2D eigenvalue weighted by Crippen LogP contribution is 2.24. The van der Waals surface area contributed by atoms with Crippen LogP contribution < -0.4 is 17.0 Å². The van der Waals surface area contributed by atoms with Crippen LogP contribution in [0.2, 0.25) is 0 Å². The summed E-state index contributed by atoms with van der Waals surface area (Å²) in [6.07, 6.45) is 0. The molecule has 0 amide bonds. The fourth-order valence-electron chi connectivity index (χ4n) is 2.48. The Balaban J connectivity index is 2.07. The number of rotatable bonds is 1. The Morgan fingerprint density at radius 3 is 2.82 bits per heavy atom. The van der Waals surface area contributed by atoms with Crippen molar-refractivity contribution in [1.82, 2.24) is 19.4 Å². The molecule has 0 radical (unpaired) electrons. The smallest absolute Gasteiger partial charge is 0.283 e. The van der Waals surface area contributed by atoms with E-state index in [-0.39, 0.29) is 11.1 Å². The van der Waals surface area contributed by atoms with Gasteiger partial charge in [-0.2, -0.15) is 4.68 Å². The molecule has 0 atom stereocenters. The Bertz CT molecular complexity index is 1110. The number of thiazole rings is 1. The molecule has 0 bridgehead atoms. The van der Waals surface area contributed by atoms with Crippen molar-refractivity contribution in [1.29, 1.82) is 0 Å². The lowest BCUT2D eigenvalue weighted by Crippen LogP contribution is -2.29. The number of H-pyrrole nitrogens is 1. The number of nitrogens with one attached hydrogen (secondary N) is 1. The summed E-state index contributed by atoms with van der Waals surface area (Å²) >= 11 is 1.40. The highest BCUT2D eigenvalue weighted by Gasteiger charge is 2.16. The SMILES string of the molecule is Cc1c2c(=O)n(-c3nc4ccccc4s3)[nH]c2cc(=O)n1N. The second kappa shape index (κ2) is 4.31. The number of para-hydroxylation sites is 1. The Morgan fingerprint density at radius 1 is 1.27 bits per heavy atom. The van der Waals surface area contributed by atoms with E-state index in [1.165, 1.54) is 22.1 Å². The van der Waals surface area contributed by atoms with E-state index >= 15 is 0 Å². The Hall–Kier alpha value is -2.87. The third-order valence-corrected chi connectivity index (χ3v) is 4.64. The lowest BCUT2D eigenvalue weighted by atomic mass is 10.2. The van der Waals surface area contributed by atoms with Gasteiger partial charge < -0.3 is 5.84 Å². The molecule has 110 valence electrons. The zero-order valence-electron chi connectivity index (χ0n) is 11.5. The number of nitrogens with zero attached hydrogens (tertiary/aromatic N) is 3. The highest BCUT2D eigenvalue weighted by molar-refractivity contribution is 7.20. The highest BCUT2D eigenvalue weighted by atomic mass is 32.1. The molecule has 0 unspecified atom stereocenters. The van der Waals surface area contributed by atoms with Crippen molar-refractivity contribution in [2.24, 2.45) is 0 Å². The molecule has 0 fully saturated rings. The van der Waals surface area contributed by atoms with Gasteiger partial charge in [0.15, 0.2) is 0 Å². The molecular formula is C14H11N5O2S. The number of hydrogen-bond acceptors (Lipinski definition) is 5. The van der Waals surface area contributed by atoms with Crippen molar-refractivity contribution in [2.45, 2.75) is 6.92 Å². The number of aryl methyl sites for hydroxylation is 1. The summed E-state index contributed by atoms with van der Waals surface area (Å²) in [5, 5.41) is 3.85. The zero-order chi connectivity index (χ0) is 15.4. The molecule has 22 heavy (non-hydrogen) atoms. The van der Waals surface area contributed by atoms with Gasteiger partial charge in [0.2, 0.25) is 5.13 Å². The summed E-state index contributed by atoms with van der Waals surface area (Å²) in [5.74, 6) is 5.66. The first-order chi connectivity index (χ1) is 10.6. The van der Waals surface area contributed by atoms with Crippen molar-refractivity contribution in [2.75, 3.05) is 5.84 Å². The topological polar surface area (TPSA) is 98.7 Å². The van der Waals surface area contributed by atoms with E-state index in [0.29, 0.717) is 21.7 Å². The number of aromatic amines is 1. The molecule has 0 saturated heterocycles. The minimum absolute atomic E-state index is 0.272. The third kappa shape index (κ3) is 1.64. The standard InChI is InChI=1S/C14H11N5O2S/c1-7-12-9(6-11(20)18(7)15)17-19(13(12)21)14-16-8-4-2-3-5-10(8)22-14/h2-6,17H,15H2,1H3. The van der Waals surface area contributed by atoms with Gasteiger partial charge in [-0.1, -0.05) is 23.5 Å². The molecule has 3 N–H and O–H groups in total. The number of nitrogens with two attached hydrogens (primary N) is 1. The largest absolute Gasteiger partial charge is 0.336 e. The van der Waals surface area contributed by atoms with Gasteiger partial charge in [0.25, 0.3) is 11.1 Å². The van der Waals surface area contributed by atoms with Crippen LogP contribution in [0, 0.1) is 6.92 Å². The molecule has 8 heteroatoms. The quantitative estimate of drug-likeness (QED) is 0.514. The lowest BCUT2D eigenvalue weighted by molar-refractivity contribution is 0.856. The number of pyridine rings is 1. The third-order valence-electron chi connectivity index (χ3n) is 3.62. The van der Waals surface area contributed by atoms with E-state index in [1.54, 1.807) is 6.92 Å². The molecule has 4 aromatic rings. The van der Waals surface area contributed by atoms with Crippen LogP contribution in [0.5, 0.6) is 0 Å². The van der Waals surface area contributed by atoms with E-state index in [0.717, 1.165) is 14.9 Å². The van der Waals surface area contributed by atoms with Gasteiger partial charge in [-0.05, 0) is 19.1 Å². The molecule has 0 saturated carbocycles. The fourth-order valence-corrected chi connectivity index (χ4v) is 3.40. The zero-order valence-corrected chi connectivity index (χ0v) is 12.3. The van der Waals surface area contributed by atoms with Gasteiger partial charge >= 0.3 is 0 Å². The molecule has 3 heterocycles. The van der Waals surface area contributed by atoms with Gasteiger partial charge in [-0.15, -0.1) is 0 Å². The predicted molar refractivity (Wildman–Crippen MR) is 86.2 cm³/mol. The van der Waals surface area contributed by atoms with Crippen molar-refractivity contribution in [3.05, 3.63) is 56.7 Å². The minimum atomic E-state index is -0.373. The van der Waals surface area contributed by atoms with E-state index in [2.05, 4.69) is 10.1 Å². The first-order valence-corrected chi connectivity index (χ1v) is 7.36. The van der Waals surface area contributed by atoms with Crippen LogP contribution in [-0.4, -0.2) is 19.4 Å². The van der Waals surface area contributed by atoms with Crippen LogP contribution in [0.3, 0.4) is 0 Å². The van der Waals surface area contributed by atoms with E-state index in [1.807, 2.05) is 24.3 Å². The van der Waals surface area contributed by atoms with Crippen LogP contribution in [0.1, 0.15) is 5.69 Å². The first-order valence-electron chi connectivity index (χ1n) is 6.54. The number of benzene rings is 1. The van der Waals surface area contributed by atoms with E-state index in [4.69, 9.17) is 5.84 Å². The molecule has 0 aliphatic rings. The normalized spacial score (nSPS) is 11.5. The van der Waals surface area contributed by atoms with Crippen molar-refractivity contribution in [3.63, 3.8) is 0 Å². The molecule has 4 rings (SSSR count). The van der Waals surface area contributed by atoms with Crippen LogP contribution in [-0.2, 0) is 0 Å². The Kier molecular flexibility index (Phi) is 2.52. The monoisotopic (exact) mass is 313 g/mol. The summed E-state index contributed by atoms with van der Waals surface area (Å²) < 4.78 is 3.31. The number of aromatic nitrogens is 4. The average Bonchev–Trinajstić information content (AvgIpc) is 3.06. The second-order valence-electron chi connectivity index (χ2n) is 4.94. The van der Waals surface area contributed by atoms with Gasteiger partial charge in [0.1, 0.15) is 0 Å². The van der Waals surface area contributed by atoms with Gasteiger partial charge in [0, 0.05) is 6.07 Å². The summed E-state index contributed by atoms with van der Waals surface area (Å²) in [7, 11) is 0. The molecule has 3 aromatic heterocycles. The summed E-state index contributed by atoms with van der Waals surface area (Å²) in [5.41, 5.74) is 1.05. The summed E-state index contributed by atoms with van der Waals surface area (Å²) in [4.78, 5) is 28.8. The van der Waals surface area contributed by atoms with E-state index < -0.39 is 0 Å². The number of hydrogen-bond donors (Lipinski definition) is 2. The summed E-state index contributed by atoms with van der Waals surface area (Å²) in [6, 6.07) is 8.96. The van der Waals surface area contributed by atoms with Crippen molar-refractivity contribution >= 4 is 32.5 Å². The van der Waals surface area contributed by atoms with Crippen LogP contribution >= 0.6 is 11.3 Å². The fraction of sp³-hybridized carbons (Fsp3) is 0.0714. The maximum absolute atomic E-state index is 12.6. The lowest BCUT2D eigenvalue weighted by Gasteiger charge is -2.01. The Morgan fingerprint density at radius 2 is 2.05 bits per heavy atom. The van der Waals surface area contributed by atoms with Crippen molar-refractivity contribution in [3.8, 4) is 5.13 Å². The minimum Gasteiger partial charge on any atom is -0.336 e. The van der Waals surface area contributed by atoms with Gasteiger partial charge in [-0.3, -0.25) is 14.7 Å². The molecule has 7 nitrogen and oxygen atoms in total. The van der Waals surface area contributed by atoms with Gasteiger partial charge in [0.05, 0.1) is 26.8 Å². The van der Waals surface area contributed by atoms with E-state index in [9.17, 15) is 9.59 Å². The molecule has 0 spiro atoms. The molecular weight excluding hydrogens is 302 g/mol. The maximum atomic E-state index is 12.6. The van der Waals surface area contributed by atoms with Crippen LogP contribution in [0.15, 0.2) is 39.9 Å². The number of fused-ring (bicyclic) bond motifs is 2. The molecule has 0 aliphatic carbocycles. The maximum Gasteiger partial charge on any atom is 0.283 e.